The van der Waals surface area contributed by atoms with E-state index < -0.39 is 39.6 Å². The minimum Gasteiger partial charge on any atom is -0.357 e. The van der Waals surface area contributed by atoms with Crippen LogP contribution in [0.4, 0.5) is 18.9 Å². The van der Waals surface area contributed by atoms with Crippen molar-refractivity contribution < 1.29 is 31.2 Å². The van der Waals surface area contributed by atoms with Crippen molar-refractivity contribution in [2.45, 2.75) is 44.9 Å². The van der Waals surface area contributed by atoms with Gasteiger partial charge in [-0.15, -0.1) is 0 Å². The lowest BCUT2D eigenvalue weighted by Crippen LogP contribution is -2.48. The number of benzene rings is 2. The summed E-state index contributed by atoms with van der Waals surface area (Å²) in [5.74, 6) is -0.871. The lowest BCUT2D eigenvalue weighted by Gasteiger charge is -2.31. The molecule has 0 saturated heterocycles. The van der Waals surface area contributed by atoms with Gasteiger partial charge in [0.25, 0.3) is 0 Å². The van der Waals surface area contributed by atoms with E-state index in [2.05, 4.69) is 5.32 Å². The van der Waals surface area contributed by atoms with Crippen molar-refractivity contribution in [2.75, 3.05) is 24.2 Å². The number of carbonyl (C=O) groups excluding carboxylic acids is 2. The maximum Gasteiger partial charge on any atom is 0.416 e. The van der Waals surface area contributed by atoms with Crippen LogP contribution in [0.1, 0.15) is 37.3 Å². The zero-order chi connectivity index (χ0) is 28.0. The van der Waals surface area contributed by atoms with E-state index in [1.54, 1.807) is 25.1 Å². The fourth-order valence-corrected chi connectivity index (χ4v) is 5.26. The van der Waals surface area contributed by atoms with Gasteiger partial charge in [0, 0.05) is 42.2 Å². The third-order valence-electron chi connectivity index (χ3n) is 5.64. The minimum absolute atomic E-state index is 0.0148. The van der Waals surface area contributed by atoms with Crippen LogP contribution in [0.25, 0.3) is 0 Å². The second-order valence-electron chi connectivity index (χ2n) is 8.25. The summed E-state index contributed by atoms with van der Waals surface area (Å²) in [5.41, 5.74) is -0.710. The highest BCUT2D eigenvalue weighted by Crippen LogP contribution is 2.32. The molecular weight excluding hydrogens is 554 g/mol. The molecular formula is C24H28Cl2F3N3O4S. The van der Waals surface area contributed by atoms with Crippen LogP contribution in [0.5, 0.6) is 0 Å². The molecule has 2 aromatic carbocycles. The summed E-state index contributed by atoms with van der Waals surface area (Å²) in [6, 6.07) is 7.95. The van der Waals surface area contributed by atoms with Crippen LogP contribution < -0.4 is 9.62 Å². The first-order valence-electron chi connectivity index (χ1n) is 11.3. The summed E-state index contributed by atoms with van der Waals surface area (Å²) in [4.78, 5) is 27.1. The SMILES string of the molecule is CCC(C(=O)NC)N(Cc1c(Cl)cccc1Cl)C(=O)CCCN(c1cccc(C(F)(F)F)c1)S(C)(=O)=O. The summed E-state index contributed by atoms with van der Waals surface area (Å²) >= 11 is 12.5. The standard InChI is InChI=1S/C24H28Cl2F3N3O4S/c1-4-21(23(34)30-2)31(15-18-19(25)10-6-11-20(18)26)22(33)12-7-13-32(37(3,35)36)17-9-5-8-16(14-17)24(27,28)29/h5-6,8-11,14,21H,4,7,12-13,15H2,1-3H3,(H,30,34). The number of halogens is 5. The molecule has 37 heavy (non-hydrogen) atoms. The molecule has 1 unspecified atom stereocenters. The molecule has 204 valence electrons. The Hall–Kier alpha value is -2.50. The Kier molecular flexibility index (Phi) is 10.7. The Morgan fingerprint density at radius 3 is 2.19 bits per heavy atom. The van der Waals surface area contributed by atoms with Crippen LogP contribution in [0.3, 0.4) is 0 Å². The number of anilines is 1. The zero-order valence-corrected chi connectivity index (χ0v) is 22.8. The van der Waals surface area contributed by atoms with Crippen LogP contribution in [-0.4, -0.2) is 51.0 Å². The first-order valence-corrected chi connectivity index (χ1v) is 13.9. The van der Waals surface area contributed by atoms with Gasteiger partial charge in [-0.05, 0) is 43.2 Å². The van der Waals surface area contributed by atoms with Crippen molar-refractivity contribution in [2.24, 2.45) is 0 Å². The number of sulfonamides is 1. The fourth-order valence-electron chi connectivity index (χ4n) is 3.78. The van der Waals surface area contributed by atoms with Crippen molar-refractivity contribution in [3.63, 3.8) is 0 Å². The van der Waals surface area contributed by atoms with Gasteiger partial charge in [-0.3, -0.25) is 13.9 Å². The number of nitrogens with one attached hydrogen (secondary N) is 1. The highest BCUT2D eigenvalue weighted by Gasteiger charge is 2.32. The largest absolute Gasteiger partial charge is 0.416 e. The molecule has 0 fully saturated rings. The Morgan fingerprint density at radius 2 is 1.68 bits per heavy atom. The summed E-state index contributed by atoms with van der Waals surface area (Å²) in [7, 11) is -2.51. The van der Waals surface area contributed by atoms with Gasteiger partial charge in [0.1, 0.15) is 6.04 Å². The van der Waals surface area contributed by atoms with Crippen molar-refractivity contribution in [1.29, 1.82) is 0 Å². The van der Waals surface area contributed by atoms with Gasteiger partial charge in [-0.1, -0.05) is 42.3 Å². The molecule has 0 aliphatic rings. The highest BCUT2D eigenvalue weighted by molar-refractivity contribution is 7.92. The molecule has 0 aliphatic carbocycles. The number of hydrogen-bond acceptors (Lipinski definition) is 4. The predicted octanol–water partition coefficient (Wildman–Crippen LogP) is 5.11. The molecule has 1 N–H and O–H groups in total. The fraction of sp³-hybridized carbons (Fsp3) is 0.417. The number of alkyl halides is 3. The molecule has 13 heteroatoms. The number of nitrogens with zero attached hydrogens (tertiary/aromatic N) is 2. The molecule has 7 nitrogen and oxygen atoms in total. The summed E-state index contributed by atoms with van der Waals surface area (Å²) < 4.78 is 65.0. The molecule has 0 saturated carbocycles. The molecule has 0 radical (unpaired) electrons. The Morgan fingerprint density at radius 1 is 1.08 bits per heavy atom. The minimum atomic E-state index is -4.65. The van der Waals surface area contributed by atoms with Crippen molar-refractivity contribution in [1.82, 2.24) is 10.2 Å². The van der Waals surface area contributed by atoms with E-state index in [1.165, 1.54) is 18.0 Å². The van der Waals surface area contributed by atoms with Crippen molar-refractivity contribution >= 4 is 50.7 Å². The quantitative estimate of drug-likeness (QED) is 0.399. The average Bonchev–Trinajstić information content (AvgIpc) is 2.81. The van der Waals surface area contributed by atoms with Crippen molar-refractivity contribution in [3.05, 3.63) is 63.6 Å². The number of amides is 2. The van der Waals surface area contributed by atoms with E-state index in [9.17, 15) is 31.2 Å². The molecule has 2 rings (SSSR count). The Bertz CT molecular complexity index is 1210. The van der Waals surface area contributed by atoms with E-state index in [0.29, 0.717) is 15.6 Å². The Balaban J connectivity index is 2.28. The number of hydrogen-bond donors (Lipinski definition) is 1. The van der Waals surface area contributed by atoms with Crippen LogP contribution >= 0.6 is 23.2 Å². The van der Waals surface area contributed by atoms with Gasteiger partial charge in [0.05, 0.1) is 17.5 Å². The van der Waals surface area contributed by atoms with E-state index >= 15 is 0 Å². The monoisotopic (exact) mass is 581 g/mol. The lowest BCUT2D eigenvalue weighted by atomic mass is 10.1. The van der Waals surface area contributed by atoms with Crippen LogP contribution in [0, 0.1) is 0 Å². The van der Waals surface area contributed by atoms with E-state index in [4.69, 9.17) is 23.2 Å². The second kappa shape index (κ2) is 12.8. The first-order chi connectivity index (χ1) is 17.2. The molecule has 2 amide bonds. The van der Waals surface area contributed by atoms with E-state index in [1.807, 2.05) is 0 Å². The summed E-state index contributed by atoms with van der Waals surface area (Å²) in [5, 5.41) is 3.14. The third kappa shape index (κ3) is 8.24. The van der Waals surface area contributed by atoms with Crippen molar-refractivity contribution in [3.8, 4) is 0 Å². The normalized spacial score (nSPS) is 12.6. The molecule has 0 aromatic heterocycles. The van der Waals surface area contributed by atoms with Gasteiger partial charge in [-0.2, -0.15) is 13.2 Å². The molecule has 2 aromatic rings. The maximum atomic E-state index is 13.3. The van der Waals surface area contributed by atoms with Gasteiger partial charge < -0.3 is 10.2 Å². The molecule has 0 aliphatic heterocycles. The molecule has 0 bridgehead atoms. The number of rotatable bonds is 11. The summed E-state index contributed by atoms with van der Waals surface area (Å²) in [6.45, 7) is 1.42. The topological polar surface area (TPSA) is 86.8 Å². The number of carbonyl (C=O) groups is 2. The molecule has 0 heterocycles. The predicted molar refractivity (Wildman–Crippen MR) is 138 cm³/mol. The van der Waals surface area contributed by atoms with Crippen LogP contribution in [-0.2, 0) is 32.3 Å². The van der Waals surface area contributed by atoms with Crippen LogP contribution in [0.2, 0.25) is 10.0 Å². The zero-order valence-electron chi connectivity index (χ0n) is 20.5. The average molecular weight is 582 g/mol. The second-order valence-corrected chi connectivity index (χ2v) is 11.0. The lowest BCUT2D eigenvalue weighted by molar-refractivity contribution is -0.141. The van der Waals surface area contributed by atoms with Gasteiger partial charge in [0.15, 0.2) is 0 Å². The van der Waals surface area contributed by atoms with E-state index in [0.717, 1.165) is 28.8 Å². The van der Waals surface area contributed by atoms with E-state index in [-0.39, 0.29) is 38.0 Å². The van der Waals surface area contributed by atoms with Gasteiger partial charge >= 0.3 is 6.18 Å². The molecule has 1 atom stereocenters. The smallest absolute Gasteiger partial charge is 0.357 e. The highest BCUT2D eigenvalue weighted by atomic mass is 35.5. The molecule has 0 spiro atoms. The van der Waals surface area contributed by atoms with Crippen LogP contribution in [0.15, 0.2) is 42.5 Å². The maximum absolute atomic E-state index is 13.3. The first kappa shape index (κ1) is 30.7. The summed E-state index contributed by atoms with van der Waals surface area (Å²) in [6.07, 6.45) is -3.68. The van der Waals surface area contributed by atoms with Gasteiger partial charge in [-0.25, -0.2) is 8.42 Å². The Labute approximate surface area is 224 Å². The number of likely N-dealkylation sites (N-methyl/N-ethyl adjacent to an activating group) is 1. The van der Waals surface area contributed by atoms with Gasteiger partial charge in [0.2, 0.25) is 21.8 Å². The third-order valence-corrected chi connectivity index (χ3v) is 7.54.